The monoisotopic (exact) mass is 413 g/mol. The Bertz CT molecular complexity index is 924. The number of hydrogen-bond donors (Lipinski definition) is 1. The number of rotatable bonds is 5. The van der Waals surface area contributed by atoms with Crippen molar-refractivity contribution in [1.82, 2.24) is 20.3 Å². The fraction of sp³-hybridized carbons (Fsp3) is 0.286. The van der Waals surface area contributed by atoms with Crippen LogP contribution < -0.4 is 15.0 Å². The van der Waals surface area contributed by atoms with Gasteiger partial charge in [-0.2, -0.15) is 0 Å². The lowest BCUT2D eigenvalue weighted by atomic mass is 10.1. The Morgan fingerprint density at radius 2 is 1.72 bits per heavy atom. The number of benzene rings is 2. The molecule has 1 aromatic heterocycles. The van der Waals surface area contributed by atoms with Gasteiger partial charge in [0.1, 0.15) is 11.5 Å². The first-order chi connectivity index (χ1) is 13.7. The summed E-state index contributed by atoms with van der Waals surface area (Å²) >= 11 is 0. The number of aromatic nitrogens is 3. The molecule has 4 rings (SSSR count). The summed E-state index contributed by atoms with van der Waals surface area (Å²) < 4.78 is 7.61. The fourth-order valence-corrected chi connectivity index (χ4v) is 3.28. The molecule has 1 saturated heterocycles. The van der Waals surface area contributed by atoms with E-state index in [1.165, 1.54) is 0 Å². The molecular formula is C21H24ClN5O2. The molecule has 3 aromatic rings. The van der Waals surface area contributed by atoms with Gasteiger partial charge in [0.15, 0.2) is 5.69 Å². The normalized spacial score (nSPS) is 14.1. The summed E-state index contributed by atoms with van der Waals surface area (Å²) in [6.07, 6.45) is 3.74. The number of anilines is 1. The van der Waals surface area contributed by atoms with Crippen LogP contribution in [-0.2, 0) is 0 Å². The van der Waals surface area contributed by atoms with Crippen LogP contribution in [0.1, 0.15) is 29.4 Å². The standard InChI is InChI=1S/C21H23N5O2.ClH/c1-25(16-7-9-19(10-8-16)28-18-5-3-2-4-6-18)21(27)20-15-26(24-23-20)17-11-13-22-14-12-17;/h2-10,15,17,22H,11-14H2,1H3;1H. The maximum Gasteiger partial charge on any atom is 0.280 e. The van der Waals surface area contributed by atoms with Gasteiger partial charge in [0.05, 0.1) is 12.2 Å². The van der Waals surface area contributed by atoms with Gasteiger partial charge >= 0.3 is 0 Å². The average molecular weight is 414 g/mol. The van der Waals surface area contributed by atoms with E-state index in [0.717, 1.165) is 37.4 Å². The molecule has 152 valence electrons. The van der Waals surface area contributed by atoms with Gasteiger partial charge in [-0.3, -0.25) is 4.79 Å². The lowest BCUT2D eigenvalue weighted by Crippen LogP contribution is -2.29. The molecule has 1 fully saturated rings. The highest BCUT2D eigenvalue weighted by molar-refractivity contribution is 6.04. The third-order valence-corrected chi connectivity index (χ3v) is 4.92. The Labute approximate surface area is 176 Å². The molecule has 1 N–H and O–H groups in total. The van der Waals surface area contributed by atoms with E-state index < -0.39 is 0 Å². The lowest BCUT2D eigenvalue weighted by Gasteiger charge is -2.22. The number of carbonyl (C=O) groups is 1. The van der Waals surface area contributed by atoms with Crippen LogP contribution in [0, 0.1) is 0 Å². The number of ether oxygens (including phenoxy) is 1. The summed E-state index contributed by atoms with van der Waals surface area (Å²) in [7, 11) is 1.74. The number of para-hydroxylation sites is 1. The van der Waals surface area contributed by atoms with E-state index in [-0.39, 0.29) is 18.3 Å². The maximum atomic E-state index is 12.8. The van der Waals surface area contributed by atoms with Crippen molar-refractivity contribution in [3.8, 4) is 11.5 Å². The van der Waals surface area contributed by atoms with E-state index in [1.54, 1.807) is 18.1 Å². The predicted molar refractivity (Wildman–Crippen MR) is 114 cm³/mol. The van der Waals surface area contributed by atoms with E-state index in [9.17, 15) is 4.79 Å². The number of nitrogens with one attached hydrogen (secondary N) is 1. The molecule has 1 amide bonds. The van der Waals surface area contributed by atoms with Crippen molar-refractivity contribution in [3.05, 3.63) is 66.5 Å². The van der Waals surface area contributed by atoms with Crippen LogP contribution in [0.2, 0.25) is 0 Å². The van der Waals surface area contributed by atoms with Crippen molar-refractivity contribution in [1.29, 1.82) is 0 Å². The Kier molecular flexibility index (Phi) is 6.85. The molecule has 0 unspecified atom stereocenters. The Morgan fingerprint density at radius 3 is 2.41 bits per heavy atom. The third kappa shape index (κ3) is 4.93. The summed E-state index contributed by atoms with van der Waals surface area (Å²) in [5, 5.41) is 11.6. The first-order valence-corrected chi connectivity index (χ1v) is 9.44. The van der Waals surface area contributed by atoms with Crippen LogP contribution in [0.25, 0.3) is 0 Å². The molecule has 0 atom stereocenters. The molecule has 0 radical (unpaired) electrons. The van der Waals surface area contributed by atoms with Crippen LogP contribution in [0.5, 0.6) is 11.5 Å². The minimum atomic E-state index is -0.183. The Balaban J connectivity index is 0.00000240. The largest absolute Gasteiger partial charge is 0.457 e. The highest BCUT2D eigenvalue weighted by Gasteiger charge is 2.21. The van der Waals surface area contributed by atoms with E-state index >= 15 is 0 Å². The van der Waals surface area contributed by atoms with Gasteiger partial charge in [-0.25, -0.2) is 4.68 Å². The molecule has 29 heavy (non-hydrogen) atoms. The molecule has 0 saturated carbocycles. The Morgan fingerprint density at radius 1 is 1.07 bits per heavy atom. The van der Waals surface area contributed by atoms with Gasteiger partial charge < -0.3 is 15.0 Å². The topological polar surface area (TPSA) is 72.3 Å². The van der Waals surface area contributed by atoms with Crippen molar-refractivity contribution >= 4 is 24.0 Å². The average Bonchev–Trinajstić information content (AvgIpc) is 3.25. The van der Waals surface area contributed by atoms with Gasteiger partial charge in [0.25, 0.3) is 5.91 Å². The van der Waals surface area contributed by atoms with Gasteiger partial charge in [-0.15, -0.1) is 17.5 Å². The first-order valence-electron chi connectivity index (χ1n) is 9.44. The van der Waals surface area contributed by atoms with Crippen molar-refractivity contribution in [2.75, 3.05) is 25.0 Å². The van der Waals surface area contributed by atoms with Crippen molar-refractivity contribution in [3.63, 3.8) is 0 Å². The molecule has 7 nitrogen and oxygen atoms in total. The van der Waals surface area contributed by atoms with Crippen LogP contribution in [0.4, 0.5) is 5.69 Å². The van der Waals surface area contributed by atoms with E-state index in [0.29, 0.717) is 17.5 Å². The van der Waals surface area contributed by atoms with Crippen LogP contribution in [0.3, 0.4) is 0 Å². The molecule has 0 aliphatic carbocycles. The number of piperidine rings is 1. The summed E-state index contributed by atoms with van der Waals surface area (Å²) in [5.74, 6) is 1.30. The van der Waals surface area contributed by atoms with Gasteiger partial charge in [-0.05, 0) is 62.3 Å². The SMILES string of the molecule is CN(C(=O)c1cn(C2CCNCC2)nn1)c1ccc(Oc2ccccc2)cc1.Cl. The summed E-state index contributed by atoms with van der Waals surface area (Å²) in [4.78, 5) is 14.4. The van der Waals surface area contributed by atoms with E-state index in [2.05, 4.69) is 15.6 Å². The third-order valence-electron chi connectivity index (χ3n) is 4.92. The zero-order valence-electron chi connectivity index (χ0n) is 16.2. The molecule has 1 aliphatic rings. The lowest BCUT2D eigenvalue weighted by molar-refractivity contribution is 0.0988. The molecular weight excluding hydrogens is 390 g/mol. The van der Waals surface area contributed by atoms with E-state index in [4.69, 9.17) is 4.74 Å². The van der Waals surface area contributed by atoms with Gasteiger partial charge in [0, 0.05) is 12.7 Å². The number of nitrogens with zero attached hydrogens (tertiary/aromatic N) is 4. The summed E-state index contributed by atoms with van der Waals surface area (Å²) in [6.45, 7) is 1.93. The molecule has 1 aliphatic heterocycles. The molecule has 8 heteroatoms. The second kappa shape index (κ2) is 9.54. The maximum absolute atomic E-state index is 12.8. The number of halogens is 1. The quantitative estimate of drug-likeness (QED) is 0.690. The van der Waals surface area contributed by atoms with Crippen LogP contribution in [0.15, 0.2) is 60.8 Å². The predicted octanol–water partition coefficient (Wildman–Crippen LogP) is 3.69. The van der Waals surface area contributed by atoms with Gasteiger partial charge in [0.2, 0.25) is 0 Å². The second-order valence-corrected chi connectivity index (χ2v) is 6.84. The first kappa shape index (κ1) is 20.8. The van der Waals surface area contributed by atoms with Crippen molar-refractivity contribution in [2.24, 2.45) is 0 Å². The van der Waals surface area contributed by atoms with Crippen molar-refractivity contribution in [2.45, 2.75) is 18.9 Å². The molecule has 0 bridgehead atoms. The van der Waals surface area contributed by atoms with Crippen LogP contribution >= 0.6 is 12.4 Å². The number of amides is 1. The minimum Gasteiger partial charge on any atom is -0.457 e. The highest BCUT2D eigenvalue weighted by atomic mass is 35.5. The fourth-order valence-electron chi connectivity index (χ4n) is 3.28. The van der Waals surface area contributed by atoms with E-state index in [1.807, 2.05) is 59.3 Å². The molecule has 0 spiro atoms. The summed E-state index contributed by atoms with van der Waals surface area (Å²) in [6, 6.07) is 17.3. The highest BCUT2D eigenvalue weighted by Crippen LogP contribution is 2.24. The second-order valence-electron chi connectivity index (χ2n) is 6.84. The number of hydrogen-bond acceptors (Lipinski definition) is 5. The molecule has 2 aromatic carbocycles. The van der Waals surface area contributed by atoms with Crippen LogP contribution in [-0.4, -0.2) is 41.0 Å². The number of carbonyl (C=O) groups excluding carboxylic acids is 1. The Hall–Kier alpha value is -2.90. The zero-order valence-corrected chi connectivity index (χ0v) is 17.0. The van der Waals surface area contributed by atoms with Crippen molar-refractivity contribution < 1.29 is 9.53 Å². The minimum absolute atomic E-state index is 0. The van der Waals surface area contributed by atoms with Gasteiger partial charge in [-0.1, -0.05) is 23.4 Å². The smallest absolute Gasteiger partial charge is 0.280 e. The summed E-state index contributed by atoms with van der Waals surface area (Å²) in [5.41, 5.74) is 1.12. The zero-order chi connectivity index (χ0) is 19.3. The molecule has 2 heterocycles.